The highest BCUT2D eigenvalue weighted by Crippen LogP contribution is 2.23. The molecule has 0 aliphatic carbocycles. The highest BCUT2D eigenvalue weighted by atomic mass is 35.5. The SMILES string of the molecule is CCN(C)Cc1cc(Cl)ccc1OC. The zero-order valence-electron chi connectivity index (χ0n) is 8.88. The molecular weight excluding hydrogens is 198 g/mol. The molecule has 0 atom stereocenters. The van der Waals surface area contributed by atoms with Gasteiger partial charge in [0, 0.05) is 17.1 Å². The summed E-state index contributed by atoms with van der Waals surface area (Å²) < 4.78 is 5.26. The number of rotatable bonds is 4. The van der Waals surface area contributed by atoms with Crippen molar-refractivity contribution in [1.29, 1.82) is 0 Å². The lowest BCUT2D eigenvalue weighted by Gasteiger charge is -2.16. The summed E-state index contributed by atoms with van der Waals surface area (Å²) in [6.07, 6.45) is 0. The minimum absolute atomic E-state index is 0.755. The molecule has 0 bridgehead atoms. The third-order valence-electron chi connectivity index (χ3n) is 2.22. The van der Waals surface area contributed by atoms with Crippen LogP contribution < -0.4 is 4.74 Å². The topological polar surface area (TPSA) is 12.5 Å². The average Bonchev–Trinajstić information content (AvgIpc) is 2.18. The predicted molar refractivity (Wildman–Crippen MR) is 60.0 cm³/mol. The fourth-order valence-electron chi connectivity index (χ4n) is 1.27. The summed E-state index contributed by atoms with van der Waals surface area (Å²) in [6, 6.07) is 5.70. The molecule has 0 spiro atoms. The molecule has 78 valence electrons. The van der Waals surface area contributed by atoms with Gasteiger partial charge in [0.1, 0.15) is 5.75 Å². The van der Waals surface area contributed by atoms with Gasteiger partial charge in [-0.1, -0.05) is 18.5 Å². The molecule has 14 heavy (non-hydrogen) atoms. The van der Waals surface area contributed by atoms with Gasteiger partial charge in [0.25, 0.3) is 0 Å². The molecular formula is C11H16ClNO. The maximum Gasteiger partial charge on any atom is 0.123 e. The summed E-state index contributed by atoms with van der Waals surface area (Å²) >= 11 is 5.93. The van der Waals surface area contributed by atoms with E-state index in [2.05, 4.69) is 18.9 Å². The average molecular weight is 214 g/mol. The van der Waals surface area contributed by atoms with Gasteiger partial charge in [0.15, 0.2) is 0 Å². The molecule has 0 N–H and O–H groups in total. The van der Waals surface area contributed by atoms with Gasteiger partial charge >= 0.3 is 0 Å². The Bertz CT molecular complexity index is 301. The van der Waals surface area contributed by atoms with Crippen molar-refractivity contribution in [2.45, 2.75) is 13.5 Å². The van der Waals surface area contributed by atoms with Gasteiger partial charge < -0.3 is 9.64 Å². The number of ether oxygens (including phenoxy) is 1. The Balaban J connectivity index is 2.87. The number of benzene rings is 1. The maximum atomic E-state index is 5.93. The summed E-state index contributed by atoms with van der Waals surface area (Å²) in [6.45, 7) is 3.99. The van der Waals surface area contributed by atoms with Gasteiger partial charge in [-0.15, -0.1) is 0 Å². The molecule has 0 unspecified atom stereocenters. The Morgan fingerprint density at radius 3 is 2.71 bits per heavy atom. The Morgan fingerprint density at radius 2 is 2.14 bits per heavy atom. The van der Waals surface area contributed by atoms with Gasteiger partial charge in [0.2, 0.25) is 0 Å². The summed E-state index contributed by atoms with van der Waals surface area (Å²) in [5, 5.41) is 0.755. The number of nitrogens with zero attached hydrogens (tertiary/aromatic N) is 1. The molecule has 0 heterocycles. The smallest absolute Gasteiger partial charge is 0.123 e. The van der Waals surface area contributed by atoms with Crippen LogP contribution in [0.4, 0.5) is 0 Å². The van der Waals surface area contributed by atoms with E-state index in [-0.39, 0.29) is 0 Å². The lowest BCUT2D eigenvalue weighted by Crippen LogP contribution is -2.17. The van der Waals surface area contributed by atoms with Crippen LogP contribution in [-0.4, -0.2) is 25.6 Å². The Morgan fingerprint density at radius 1 is 1.43 bits per heavy atom. The van der Waals surface area contributed by atoms with E-state index in [4.69, 9.17) is 16.3 Å². The number of hydrogen-bond donors (Lipinski definition) is 0. The minimum atomic E-state index is 0.755. The second-order valence-electron chi connectivity index (χ2n) is 3.29. The van der Waals surface area contributed by atoms with Crippen molar-refractivity contribution in [3.63, 3.8) is 0 Å². The monoisotopic (exact) mass is 213 g/mol. The van der Waals surface area contributed by atoms with Crippen LogP contribution in [0.25, 0.3) is 0 Å². The molecule has 2 nitrogen and oxygen atoms in total. The molecule has 1 aromatic carbocycles. The molecule has 0 aliphatic rings. The molecule has 3 heteroatoms. The van der Waals surface area contributed by atoms with E-state index < -0.39 is 0 Å². The van der Waals surface area contributed by atoms with Crippen molar-refractivity contribution in [3.05, 3.63) is 28.8 Å². The van der Waals surface area contributed by atoms with E-state index in [9.17, 15) is 0 Å². The number of halogens is 1. The fraction of sp³-hybridized carbons (Fsp3) is 0.455. The minimum Gasteiger partial charge on any atom is -0.496 e. The van der Waals surface area contributed by atoms with Crippen LogP contribution in [-0.2, 0) is 6.54 Å². The number of hydrogen-bond acceptors (Lipinski definition) is 2. The lowest BCUT2D eigenvalue weighted by atomic mass is 10.2. The van der Waals surface area contributed by atoms with E-state index in [0.717, 1.165) is 29.4 Å². The van der Waals surface area contributed by atoms with E-state index in [1.807, 2.05) is 18.2 Å². The fourth-order valence-corrected chi connectivity index (χ4v) is 1.47. The van der Waals surface area contributed by atoms with Crippen molar-refractivity contribution in [2.24, 2.45) is 0 Å². The Labute approximate surface area is 90.4 Å². The predicted octanol–water partition coefficient (Wildman–Crippen LogP) is 2.80. The van der Waals surface area contributed by atoms with Gasteiger partial charge in [-0.3, -0.25) is 0 Å². The summed E-state index contributed by atoms with van der Waals surface area (Å²) in [4.78, 5) is 2.20. The summed E-state index contributed by atoms with van der Waals surface area (Å²) in [5.41, 5.74) is 1.13. The van der Waals surface area contributed by atoms with Gasteiger partial charge in [0.05, 0.1) is 7.11 Å². The molecule has 0 radical (unpaired) electrons. The zero-order chi connectivity index (χ0) is 10.6. The maximum absolute atomic E-state index is 5.93. The van der Waals surface area contributed by atoms with Crippen LogP contribution in [0.1, 0.15) is 12.5 Å². The van der Waals surface area contributed by atoms with E-state index >= 15 is 0 Å². The van der Waals surface area contributed by atoms with Crippen LogP contribution in [0, 0.1) is 0 Å². The van der Waals surface area contributed by atoms with Crippen LogP contribution in [0.2, 0.25) is 5.02 Å². The molecule has 0 aromatic heterocycles. The Kier molecular flexibility index (Phi) is 4.23. The van der Waals surface area contributed by atoms with Crippen molar-refractivity contribution < 1.29 is 4.74 Å². The second kappa shape index (κ2) is 5.23. The second-order valence-corrected chi connectivity index (χ2v) is 3.72. The van der Waals surface area contributed by atoms with E-state index in [1.54, 1.807) is 7.11 Å². The zero-order valence-corrected chi connectivity index (χ0v) is 9.64. The quantitative estimate of drug-likeness (QED) is 0.763. The molecule has 0 fully saturated rings. The van der Waals surface area contributed by atoms with E-state index in [1.165, 1.54) is 0 Å². The number of methoxy groups -OCH3 is 1. The molecule has 0 saturated heterocycles. The Hall–Kier alpha value is -0.730. The highest BCUT2D eigenvalue weighted by molar-refractivity contribution is 6.30. The highest BCUT2D eigenvalue weighted by Gasteiger charge is 2.05. The summed E-state index contributed by atoms with van der Waals surface area (Å²) in [5.74, 6) is 0.898. The largest absolute Gasteiger partial charge is 0.496 e. The van der Waals surface area contributed by atoms with Crippen LogP contribution in [0.3, 0.4) is 0 Å². The standard InChI is InChI=1S/C11H16ClNO/c1-4-13(2)8-9-7-10(12)5-6-11(9)14-3/h5-7H,4,8H2,1-3H3. The first-order chi connectivity index (χ1) is 6.67. The normalized spacial score (nSPS) is 10.6. The molecule has 1 rings (SSSR count). The van der Waals surface area contributed by atoms with Crippen molar-refractivity contribution in [2.75, 3.05) is 20.7 Å². The van der Waals surface area contributed by atoms with Crippen molar-refractivity contribution >= 4 is 11.6 Å². The molecule has 0 amide bonds. The van der Waals surface area contributed by atoms with Crippen LogP contribution >= 0.6 is 11.6 Å². The first-order valence-electron chi connectivity index (χ1n) is 4.68. The lowest BCUT2D eigenvalue weighted by molar-refractivity contribution is 0.333. The molecule has 0 saturated carbocycles. The van der Waals surface area contributed by atoms with Crippen LogP contribution in [0.5, 0.6) is 5.75 Å². The first-order valence-corrected chi connectivity index (χ1v) is 5.06. The van der Waals surface area contributed by atoms with Crippen molar-refractivity contribution in [1.82, 2.24) is 4.90 Å². The van der Waals surface area contributed by atoms with E-state index in [0.29, 0.717) is 0 Å². The summed E-state index contributed by atoms with van der Waals surface area (Å²) in [7, 11) is 3.75. The first kappa shape index (κ1) is 11.3. The van der Waals surface area contributed by atoms with Crippen LogP contribution in [0.15, 0.2) is 18.2 Å². The van der Waals surface area contributed by atoms with Crippen molar-refractivity contribution in [3.8, 4) is 5.75 Å². The van der Waals surface area contributed by atoms with Gasteiger partial charge in [-0.25, -0.2) is 0 Å². The third-order valence-corrected chi connectivity index (χ3v) is 2.46. The molecule has 1 aromatic rings. The third kappa shape index (κ3) is 2.89. The van der Waals surface area contributed by atoms with Gasteiger partial charge in [-0.2, -0.15) is 0 Å². The molecule has 0 aliphatic heterocycles. The van der Waals surface area contributed by atoms with Gasteiger partial charge in [-0.05, 0) is 31.8 Å².